The minimum absolute atomic E-state index is 0.0648. The highest BCUT2D eigenvalue weighted by Gasteiger charge is 2.26. The zero-order valence-corrected chi connectivity index (χ0v) is 20.1. The van der Waals surface area contributed by atoms with Crippen molar-refractivity contribution in [2.24, 2.45) is 5.10 Å². The maximum absolute atomic E-state index is 13.1. The van der Waals surface area contributed by atoms with Crippen molar-refractivity contribution in [1.29, 1.82) is 0 Å². The Morgan fingerprint density at radius 3 is 2.46 bits per heavy atom. The second-order valence-corrected chi connectivity index (χ2v) is 9.31. The molecule has 0 fully saturated rings. The summed E-state index contributed by atoms with van der Waals surface area (Å²) in [4.78, 5) is 10.7. The van der Waals surface area contributed by atoms with E-state index < -0.39 is 27.2 Å². The van der Waals surface area contributed by atoms with E-state index in [4.69, 9.17) is 4.74 Å². The van der Waals surface area contributed by atoms with E-state index in [9.17, 15) is 27.3 Å². The van der Waals surface area contributed by atoms with E-state index in [0.717, 1.165) is 6.07 Å². The highest BCUT2D eigenvalue weighted by atomic mass is 32.2. The number of halogens is 2. The van der Waals surface area contributed by atoms with E-state index in [1.165, 1.54) is 23.4 Å². The van der Waals surface area contributed by atoms with Gasteiger partial charge in [0.2, 0.25) is 10.0 Å². The largest absolute Gasteiger partial charge is 0.433 e. The molecule has 35 heavy (non-hydrogen) atoms. The summed E-state index contributed by atoms with van der Waals surface area (Å²) in [7, 11) is -3.91. The van der Waals surface area contributed by atoms with Crippen LogP contribution in [0.25, 0.3) is 10.8 Å². The van der Waals surface area contributed by atoms with Crippen molar-refractivity contribution in [1.82, 2.24) is 4.31 Å². The maximum atomic E-state index is 13.1. The molecule has 0 bridgehead atoms. The van der Waals surface area contributed by atoms with Crippen LogP contribution < -0.4 is 10.2 Å². The van der Waals surface area contributed by atoms with Gasteiger partial charge >= 0.3 is 6.61 Å². The summed E-state index contributed by atoms with van der Waals surface area (Å²) in [6.07, 6.45) is 0. The highest BCUT2D eigenvalue weighted by molar-refractivity contribution is 7.89. The fourth-order valence-electron chi connectivity index (χ4n) is 3.58. The minimum Gasteiger partial charge on any atom is -0.433 e. The predicted octanol–water partition coefficient (Wildman–Crippen LogP) is 5.22. The molecule has 12 heteroatoms. The van der Waals surface area contributed by atoms with E-state index >= 15 is 0 Å². The Bertz CT molecular complexity index is 1380. The van der Waals surface area contributed by atoms with Crippen LogP contribution in [0.3, 0.4) is 0 Å². The van der Waals surface area contributed by atoms with Gasteiger partial charge in [-0.1, -0.05) is 44.2 Å². The average Bonchev–Trinajstić information content (AvgIpc) is 2.82. The molecular weight excluding hydrogens is 482 g/mol. The minimum atomic E-state index is -3.91. The number of nitro benzene ring substituents is 1. The molecule has 0 saturated carbocycles. The number of sulfonamides is 1. The number of hydrogen-bond acceptors (Lipinski definition) is 7. The van der Waals surface area contributed by atoms with Gasteiger partial charge in [0.25, 0.3) is 5.69 Å². The van der Waals surface area contributed by atoms with Crippen LogP contribution in [0.15, 0.2) is 64.6 Å². The fourth-order valence-corrected chi connectivity index (χ4v) is 5.06. The van der Waals surface area contributed by atoms with Crippen LogP contribution >= 0.6 is 0 Å². The van der Waals surface area contributed by atoms with Gasteiger partial charge in [-0.3, -0.25) is 15.5 Å². The number of alkyl halides is 2. The number of ether oxygens (including phenoxy) is 1. The van der Waals surface area contributed by atoms with Gasteiger partial charge in [0.05, 0.1) is 15.5 Å². The van der Waals surface area contributed by atoms with Crippen molar-refractivity contribution in [2.75, 3.05) is 18.5 Å². The van der Waals surface area contributed by atoms with E-state index in [2.05, 4.69) is 10.5 Å². The maximum Gasteiger partial charge on any atom is 0.387 e. The van der Waals surface area contributed by atoms with E-state index in [1.807, 2.05) is 0 Å². The van der Waals surface area contributed by atoms with Crippen molar-refractivity contribution >= 4 is 37.9 Å². The van der Waals surface area contributed by atoms with Crippen LogP contribution in [-0.2, 0) is 10.0 Å². The summed E-state index contributed by atoms with van der Waals surface area (Å²) in [5.74, 6) is -0.0729. The monoisotopic (exact) mass is 506 g/mol. The predicted molar refractivity (Wildman–Crippen MR) is 130 cm³/mol. The van der Waals surface area contributed by atoms with Crippen molar-refractivity contribution in [2.45, 2.75) is 32.3 Å². The van der Waals surface area contributed by atoms with Crippen molar-refractivity contribution in [3.8, 4) is 5.75 Å². The van der Waals surface area contributed by atoms with Gasteiger partial charge in [0.15, 0.2) is 0 Å². The normalized spacial score (nSPS) is 12.4. The lowest BCUT2D eigenvalue weighted by molar-refractivity contribution is -0.384. The quantitative estimate of drug-likeness (QED) is 0.229. The molecule has 0 radical (unpaired) electrons. The smallest absolute Gasteiger partial charge is 0.387 e. The third-order valence-corrected chi connectivity index (χ3v) is 7.38. The Morgan fingerprint density at radius 2 is 1.83 bits per heavy atom. The summed E-state index contributed by atoms with van der Waals surface area (Å²) in [5.41, 5.74) is 2.47. The standard InChI is InChI=1S/C23H24F2N4O5S/c1-4-28(5-2)35(32,33)17-11-13-20(21(14-17)29(30)31)27-26-15(3)18-12-10-16-8-6-7-9-19(16)22(18)34-23(24)25/h6-14,23,27H,4-5H2,1-3H3/b26-15+. The molecule has 0 amide bonds. The van der Waals surface area contributed by atoms with Gasteiger partial charge in [0.1, 0.15) is 11.4 Å². The lowest BCUT2D eigenvalue weighted by Crippen LogP contribution is -2.30. The number of nitrogens with one attached hydrogen (secondary N) is 1. The first-order valence-electron chi connectivity index (χ1n) is 10.7. The molecule has 0 aliphatic carbocycles. The molecule has 0 spiro atoms. The van der Waals surface area contributed by atoms with Crippen molar-refractivity contribution in [3.63, 3.8) is 0 Å². The topological polar surface area (TPSA) is 114 Å². The molecule has 9 nitrogen and oxygen atoms in total. The van der Waals surface area contributed by atoms with Crippen LogP contribution in [0.2, 0.25) is 0 Å². The highest BCUT2D eigenvalue weighted by Crippen LogP contribution is 2.33. The Hall–Kier alpha value is -3.64. The summed E-state index contributed by atoms with van der Waals surface area (Å²) in [6.45, 7) is 2.22. The van der Waals surface area contributed by atoms with Crippen molar-refractivity contribution in [3.05, 3.63) is 70.3 Å². The molecule has 0 heterocycles. The fraction of sp³-hybridized carbons (Fsp3) is 0.261. The number of hydrazone groups is 1. The number of nitrogens with zero attached hydrogens (tertiary/aromatic N) is 3. The molecule has 0 aromatic heterocycles. The first kappa shape index (κ1) is 26.0. The van der Waals surface area contributed by atoms with Gasteiger partial charge in [-0.15, -0.1) is 0 Å². The number of hydrogen-bond donors (Lipinski definition) is 1. The second-order valence-electron chi connectivity index (χ2n) is 7.38. The average molecular weight is 507 g/mol. The molecule has 1 N–H and O–H groups in total. The number of benzene rings is 3. The van der Waals surface area contributed by atoms with E-state index in [1.54, 1.807) is 50.2 Å². The molecule has 0 saturated heterocycles. The number of fused-ring (bicyclic) bond motifs is 1. The Morgan fingerprint density at radius 1 is 1.14 bits per heavy atom. The Kier molecular flexibility index (Phi) is 7.97. The third kappa shape index (κ3) is 5.54. The molecule has 3 aromatic rings. The first-order chi connectivity index (χ1) is 16.6. The van der Waals surface area contributed by atoms with Crippen LogP contribution in [0, 0.1) is 10.1 Å². The lowest BCUT2D eigenvalue weighted by Gasteiger charge is -2.18. The lowest BCUT2D eigenvalue weighted by atomic mass is 10.0. The molecule has 0 aliphatic heterocycles. The van der Waals surface area contributed by atoms with Gasteiger partial charge in [-0.05, 0) is 30.5 Å². The Labute approximate surface area is 201 Å². The molecule has 0 unspecified atom stereocenters. The van der Waals surface area contributed by atoms with Gasteiger partial charge in [-0.25, -0.2) is 8.42 Å². The zero-order valence-electron chi connectivity index (χ0n) is 19.2. The van der Waals surface area contributed by atoms with Crippen LogP contribution in [0.4, 0.5) is 20.2 Å². The SMILES string of the molecule is CCN(CC)S(=O)(=O)c1ccc(N/N=C(\C)c2ccc3ccccc3c2OC(F)F)c([N+](=O)[O-])c1. The summed E-state index contributed by atoms with van der Waals surface area (Å²) < 4.78 is 57.7. The number of rotatable bonds is 10. The molecule has 3 aromatic carbocycles. The molecule has 3 rings (SSSR count). The van der Waals surface area contributed by atoms with Crippen LogP contribution in [-0.4, -0.2) is 43.1 Å². The van der Waals surface area contributed by atoms with E-state index in [0.29, 0.717) is 10.8 Å². The van der Waals surface area contributed by atoms with Gasteiger partial charge in [0, 0.05) is 30.1 Å². The summed E-state index contributed by atoms with van der Waals surface area (Å²) >= 11 is 0. The van der Waals surface area contributed by atoms with Gasteiger partial charge in [-0.2, -0.15) is 18.2 Å². The van der Waals surface area contributed by atoms with E-state index in [-0.39, 0.29) is 40.7 Å². The molecular formula is C23H24F2N4O5S. The molecule has 0 aliphatic rings. The van der Waals surface area contributed by atoms with Crippen molar-refractivity contribution < 1.29 is 26.9 Å². The van der Waals surface area contributed by atoms with Gasteiger partial charge < -0.3 is 4.74 Å². The summed E-state index contributed by atoms with van der Waals surface area (Å²) in [6, 6.07) is 13.6. The molecule has 0 atom stereocenters. The first-order valence-corrected chi connectivity index (χ1v) is 12.1. The second kappa shape index (κ2) is 10.7. The number of anilines is 1. The number of nitro groups is 1. The van der Waals surface area contributed by atoms with Crippen LogP contribution in [0.5, 0.6) is 5.75 Å². The van der Waals surface area contributed by atoms with Crippen LogP contribution in [0.1, 0.15) is 26.3 Å². The molecule has 186 valence electrons. The summed E-state index contributed by atoms with van der Waals surface area (Å²) in [5, 5.41) is 16.9. The third-order valence-electron chi connectivity index (χ3n) is 5.33. The zero-order chi connectivity index (χ0) is 25.8. The Balaban J connectivity index is 2.01.